The van der Waals surface area contributed by atoms with Crippen LogP contribution >= 0.6 is 0 Å². The monoisotopic (exact) mass is 1140 g/mol. The van der Waals surface area contributed by atoms with Crippen LogP contribution in [0.1, 0.15) is 297 Å². The number of aliphatic hydroxyl groups excluding tert-OH is 5. The second-order valence-electron chi connectivity index (χ2n) is 23.2. The number of unbranched alkanes of at least 4 members (excludes halogenated alkanes) is 33. The zero-order valence-corrected chi connectivity index (χ0v) is 52.1. The van der Waals surface area contributed by atoms with E-state index < -0.39 is 67.4 Å². The number of carbonyl (C=O) groups is 2. The van der Waals surface area contributed by atoms with Gasteiger partial charge in [0.15, 0.2) is 12.4 Å². The quantitative estimate of drug-likeness (QED) is 0.0195. The Morgan fingerprint density at radius 2 is 0.852 bits per heavy atom. The van der Waals surface area contributed by atoms with E-state index >= 15 is 0 Å². The number of esters is 1. The number of amides is 1. The fourth-order valence-corrected chi connectivity index (χ4v) is 10.2. The van der Waals surface area contributed by atoms with E-state index in [0.29, 0.717) is 12.8 Å². The molecule has 6 N–H and O–H groups in total. The van der Waals surface area contributed by atoms with Crippen molar-refractivity contribution in [1.82, 2.24) is 5.32 Å². The smallest absolute Gasteiger partial charge is 0.306 e. The molecule has 0 saturated carbocycles. The van der Waals surface area contributed by atoms with E-state index in [1.54, 1.807) is 6.08 Å². The largest absolute Gasteiger partial charge is 0.454 e. The molecule has 0 aliphatic carbocycles. The number of aliphatic hydroxyl groups is 5. The van der Waals surface area contributed by atoms with E-state index in [-0.39, 0.29) is 19.4 Å². The Kier molecular flexibility index (Phi) is 54.1. The van der Waals surface area contributed by atoms with Crippen molar-refractivity contribution in [2.75, 3.05) is 13.2 Å². The highest BCUT2D eigenvalue weighted by Crippen LogP contribution is 2.26. The third-order valence-corrected chi connectivity index (χ3v) is 15.6. The molecule has 1 saturated heterocycles. The fourth-order valence-electron chi connectivity index (χ4n) is 10.2. The van der Waals surface area contributed by atoms with Gasteiger partial charge in [-0.2, -0.15) is 0 Å². The van der Waals surface area contributed by atoms with Gasteiger partial charge in [0.2, 0.25) is 5.91 Å². The zero-order chi connectivity index (χ0) is 58.9. The second-order valence-corrected chi connectivity index (χ2v) is 23.2. The molecule has 1 rings (SSSR count). The minimum absolute atomic E-state index is 0.114. The molecule has 0 radical (unpaired) electrons. The van der Waals surface area contributed by atoms with E-state index in [0.717, 1.165) is 103 Å². The summed E-state index contributed by atoms with van der Waals surface area (Å²) in [6.07, 6.45) is 63.7. The van der Waals surface area contributed by atoms with Crippen LogP contribution in [0.3, 0.4) is 0 Å². The number of rotatable bonds is 57. The lowest BCUT2D eigenvalue weighted by molar-refractivity contribution is -0.305. The topological polar surface area (TPSA) is 175 Å². The molecule has 8 atom stereocenters. The van der Waals surface area contributed by atoms with Crippen molar-refractivity contribution in [2.24, 2.45) is 0 Å². The van der Waals surface area contributed by atoms with Crippen LogP contribution in [0.25, 0.3) is 0 Å². The van der Waals surface area contributed by atoms with E-state index in [4.69, 9.17) is 14.2 Å². The molecule has 11 heteroatoms. The van der Waals surface area contributed by atoms with Gasteiger partial charge in [0, 0.05) is 6.42 Å². The van der Waals surface area contributed by atoms with Gasteiger partial charge >= 0.3 is 5.97 Å². The normalized spacial score (nSPS) is 19.1. The van der Waals surface area contributed by atoms with Gasteiger partial charge in [-0.1, -0.05) is 267 Å². The molecule has 1 aliphatic rings. The summed E-state index contributed by atoms with van der Waals surface area (Å²) in [4.78, 5) is 26.6. The van der Waals surface area contributed by atoms with Crippen LogP contribution in [0, 0.1) is 0 Å². The van der Waals surface area contributed by atoms with Crippen LogP contribution in [-0.4, -0.2) is 99.6 Å². The number of ether oxygens (including phenoxy) is 3. The van der Waals surface area contributed by atoms with E-state index in [9.17, 15) is 35.1 Å². The van der Waals surface area contributed by atoms with Gasteiger partial charge in [0.1, 0.15) is 24.4 Å². The summed E-state index contributed by atoms with van der Waals surface area (Å²) in [5.41, 5.74) is 0. The maximum atomic E-state index is 13.4. The number of nitrogens with one attached hydrogen (secondary N) is 1. The SMILES string of the molecule is CCCCC/C=C\C/C=C\C/C=C\C/C=C\CCCCCCCCCCCC(=O)OC1C(OCC(NC(=O)C(O)CCCCCCCC/C=C/CCCCCCCC)C(O)/C=C/CCCCCCCCCCC)OC(CO)C(O)C1O. The molecule has 11 nitrogen and oxygen atoms in total. The molecule has 0 spiro atoms. The van der Waals surface area contributed by atoms with Crippen molar-refractivity contribution in [2.45, 2.75) is 346 Å². The van der Waals surface area contributed by atoms with Crippen LogP contribution in [0.2, 0.25) is 0 Å². The highest BCUT2D eigenvalue weighted by atomic mass is 16.7. The first-order valence-corrected chi connectivity index (χ1v) is 33.7. The molecule has 1 aliphatic heterocycles. The van der Waals surface area contributed by atoms with Crippen molar-refractivity contribution >= 4 is 11.9 Å². The predicted octanol–water partition coefficient (Wildman–Crippen LogP) is 16.7. The Morgan fingerprint density at radius 1 is 0.481 bits per heavy atom. The minimum Gasteiger partial charge on any atom is -0.454 e. The van der Waals surface area contributed by atoms with Gasteiger partial charge in [0.25, 0.3) is 0 Å². The van der Waals surface area contributed by atoms with Gasteiger partial charge in [-0.15, -0.1) is 0 Å². The molecule has 1 fully saturated rings. The van der Waals surface area contributed by atoms with Crippen LogP contribution in [0.15, 0.2) is 72.9 Å². The van der Waals surface area contributed by atoms with Gasteiger partial charge in [-0.3, -0.25) is 9.59 Å². The van der Waals surface area contributed by atoms with E-state index in [2.05, 4.69) is 86.8 Å². The van der Waals surface area contributed by atoms with Crippen LogP contribution in [0.4, 0.5) is 0 Å². The molecule has 470 valence electrons. The number of carbonyl (C=O) groups excluding carboxylic acids is 2. The minimum atomic E-state index is -1.62. The second kappa shape index (κ2) is 57.5. The summed E-state index contributed by atoms with van der Waals surface area (Å²) in [6, 6.07) is -1.03. The first kappa shape index (κ1) is 76.1. The summed E-state index contributed by atoms with van der Waals surface area (Å²) < 4.78 is 17.7. The zero-order valence-electron chi connectivity index (χ0n) is 52.1. The first-order chi connectivity index (χ1) is 39.7. The number of allylic oxidation sites excluding steroid dienone is 11. The van der Waals surface area contributed by atoms with E-state index in [1.165, 1.54) is 148 Å². The molecular weight excluding hydrogens is 1010 g/mol. The maximum absolute atomic E-state index is 13.4. The highest BCUT2D eigenvalue weighted by molar-refractivity contribution is 5.80. The molecule has 1 amide bonds. The standard InChI is InChI=1S/C70H125NO10/c1-4-7-10-13-16-19-22-24-26-28-29-30-31-32-33-34-35-36-38-40-43-46-49-52-55-58-65(75)81-68-67(77)66(76)64(59-72)80-70(68)79-60-61(62(73)56-53-50-47-44-41-21-18-15-12-9-6-3)71-69(78)63(74)57-54-51-48-45-42-39-37-27-25-23-20-17-14-11-8-5-2/h16,19,24-27,29-30,32-33,53,56,61-64,66-68,70,72-74,76-77H,4-15,17-18,20-23,28,31,34-52,54-55,57-60H2,1-3H3,(H,71,78)/b19-16-,26-24-,27-25+,30-29-,33-32-,56-53+. The molecule has 0 aromatic heterocycles. The fraction of sp³-hybridized carbons (Fsp3) is 0.800. The Labute approximate surface area is 496 Å². The molecule has 81 heavy (non-hydrogen) atoms. The van der Waals surface area contributed by atoms with Gasteiger partial charge in [-0.05, 0) is 96.3 Å². The lowest BCUT2D eigenvalue weighted by Crippen LogP contribution is -2.61. The summed E-state index contributed by atoms with van der Waals surface area (Å²) in [7, 11) is 0. The van der Waals surface area contributed by atoms with E-state index in [1.807, 2.05) is 6.08 Å². The van der Waals surface area contributed by atoms with Gasteiger partial charge in [0.05, 0.1) is 25.4 Å². The summed E-state index contributed by atoms with van der Waals surface area (Å²) >= 11 is 0. The third-order valence-electron chi connectivity index (χ3n) is 15.6. The Hall–Kier alpha value is -2.90. The van der Waals surface area contributed by atoms with Gasteiger partial charge < -0.3 is 45.1 Å². The summed E-state index contributed by atoms with van der Waals surface area (Å²) in [6.45, 7) is 5.76. The number of hydrogen-bond donors (Lipinski definition) is 6. The Morgan fingerprint density at radius 3 is 1.31 bits per heavy atom. The van der Waals surface area contributed by atoms with Crippen molar-refractivity contribution in [3.8, 4) is 0 Å². The summed E-state index contributed by atoms with van der Waals surface area (Å²) in [5, 5.41) is 57.1. The Bertz CT molecular complexity index is 1590. The summed E-state index contributed by atoms with van der Waals surface area (Å²) in [5.74, 6) is -1.20. The van der Waals surface area contributed by atoms with Crippen molar-refractivity contribution in [1.29, 1.82) is 0 Å². The van der Waals surface area contributed by atoms with Crippen LogP contribution < -0.4 is 5.32 Å². The lowest BCUT2D eigenvalue weighted by Gasteiger charge is -2.41. The predicted molar refractivity (Wildman–Crippen MR) is 338 cm³/mol. The molecule has 0 aromatic carbocycles. The van der Waals surface area contributed by atoms with Crippen LogP contribution in [0.5, 0.6) is 0 Å². The molecular formula is C70H125NO10. The average Bonchev–Trinajstić information content (AvgIpc) is 3.52. The average molecular weight is 1140 g/mol. The highest BCUT2D eigenvalue weighted by Gasteiger charge is 2.47. The first-order valence-electron chi connectivity index (χ1n) is 33.7. The van der Waals surface area contributed by atoms with Gasteiger partial charge in [-0.25, -0.2) is 0 Å². The molecule has 1 heterocycles. The van der Waals surface area contributed by atoms with Crippen molar-refractivity contribution in [3.05, 3.63) is 72.9 Å². The van der Waals surface area contributed by atoms with Crippen LogP contribution in [-0.2, 0) is 23.8 Å². The Balaban J connectivity index is 2.59. The van der Waals surface area contributed by atoms with Crippen molar-refractivity contribution < 1.29 is 49.3 Å². The molecule has 0 bridgehead atoms. The molecule has 8 unspecified atom stereocenters. The third kappa shape index (κ3) is 45.2. The maximum Gasteiger partial charge on any atom is 0.306 e. The lowest BCUT2D eigenvalue weighted by atomic mass is 9.99. The van der Waals surface area contributed by atoms with Crippen molar-refractivity contribution in [3.63, 3.8) is 0 Å². The number of hydrogen-bond acceptors (Lipinski definition) is 10. The molecule has 0 aromatic rings.